The first kappa shape index (κ1) is 54.4. The lowest BCUT2D eigenvalue weighted by molar-refractivity contribution is -0.142. The lowest BCUT2D eigenvalue weighted by Gasteiger charge is -2.29. The van der Waals surface area contributed by atoms with Gasteiger partial charge in [-0.15, -0.1) is 0 Å². The standard InChI is InChI=1S/C45H67N15O9/c1-3-26(2)38(60-43(66)36(19-30-22-51-25-54-30)56-39(62)32(48)8-4-6-14-46)44(67)58-35(18-29-21-50-24-53-29)41(64)55-33(9-5-7-15-47)40(63)57-34(17-28-20-49-23-52-28)42(65)59-37(45(68)69)16-27-10-12-31(61)13-11-27/h10-13,20-26,32-38,61H,3-9,14-19,46-48H2,1-2H3,(H,49,52)(H,50,53)(H,51,54)(H,55,64)(H,56,62)(H,57,63)(H,58,67)(H,59,65)(H,60,66)(H,68,69)/t26-,32-,33-,34-,35-,36-,37-,38-/m0/s1. The zero-order chi connectivity index (χ0) is 50.3. The Hall–Kier alpha value is -7.18. The highest BCUT2D eigenvalue weighted by Crippen LogP contribution is 2.14. The van der Waals surface area contributed by atoms with E-state index in [0.29, 0.717) is 67.7 Å². The average molecular weight is 962 g/mol. The molecule has 3 heterocycles. The fourth-order valence-corrected chi connectivity index (χ4v) is 7.26. The van der Waals surface area contributed by atoms with Gasteiger partial charge in [-0.2, -0.15) is 0 Å². The monoisotopic (exact) mass is 962 g/mol. The molecule has 0 aliphatic carbocycles. The highest BCUT2D eigenvalue weighted by molar-refractivity contribution is 5.97. The molecule has 376 valence electrons. The summed E-state index contributed by atoms with van der Waals surface area (Å²) in [5, 5.41) is 35.9. The van der Waals surface area contributed by atoms with Crippen LogP contribution >= 0.6 is 0 Å². The Balaban J connectivity index is 1.57. The predicted octanol–water partition coefficient (Wildman–Crippen LogP) is -1.54. The number of carbonyl (C=O) groups excluding carboxylic acids is 6. The van der Waals surface area contributed by atoms with Crippen LogP contribution in [0, 0.1) is 5.92 Å². The molecule has 0 aliphatic rings. The minimum absolute atomic E-state index is 0.00917. The second-order valence-electron chi connectivity index (χ2n) is 16.9. The second kappa shape index (κ2) is 28.2. The minimum atomic E-state index is -1.42. The predicted molar refractivity (Wildman–Crippen MR) is 251 cm³/mol. The van der Waals surface area contributed by atoms with Crippen LogP contribution < -0.4 is 49.1 Å². The molecule has 0 saturated heterocycles. The molecule has 8 atom stereocenters. The molecule has 0 aliphatic heterocycles. The number of H-pyrrole nitrogens is 3. The van der Waals surface area contributed by atoms with Crippen LogP contribution in [0.5, 0.6) is 5.75 Å². The highest BCUT2D eigenvalue weighted by Gasteiger charge is 2.36. The number of benzene rings is 1. The molecule has 4 rings (SSSR count). The van der Waals surface area contributed by atoms with Crippen molar-refractivity contribution in [3.63, 3.8) is 0 Å². The molecule has 1 aromatic carbocycles. The number of rotatable bonds is 31. The van der Waals surface area contributed by atoms with Gasteiger partial charge in [0.05, 0.1) is 25.0 Å². The maximum absolute atomic E-state index is 14.4. The number of nitrogens with one attached hydrogen (secondary N) is 9. The fourth-order valence-electron chi connectivity index (χ4n) is 7.26. The first-order valence-corrected chi connectivity index (χ1v) is 23.0. The van der Waals surface area contributed by atoms with Gasteiger partial charge >= 0.3 is 5.97 Å². The number of unbranched alkanes of at least 4 members (excludes halogenated alkanes) is 2. The summed E-state index contributed by atoms with van der Waals surface area (Å²) < 4.78 is 0. The minimum Gasteiger partial charge on any atom is -0.508 e. The number of phenolic OH excluding ortho intramolecular Hbond substituents is 1. The smallest absolute Gasteiger partial charge is 0.326 e. The Morgan fingerprint density at radius 2 is 0.986 bits per heavy atom. The van der Waals surface area contributed by atoms with Crippen molar-refractivity contribution < 1.29 is 43.8 Å². The van der Waals surface area contributed by atoms with Gasteiger partial charge in [-0.05, 0) is 68.8 Å². The maximum Gasteiger partial charge on any atom is 0.326 e. The number of aliphatic carboxylic acids is 1. The number of nitrogens with two attached hydrogens (primary N) is 3. The zero-order valence-corrected chi connectivity index (χ0v) is 38.9. The third-order valence-corrected chi connectivity index (χ3v) is 11.5. The summed E-state index contributed by atoms with van der Waals surface area (Å²) in [7, 11) is 0. The molecule has 17 N–H and O–H groups in total. The first-order valence-electron chi connectivity index (χ1n) is 23.0. The van der Waals surface area contributed by atoms with E-state index in [2.05, 4.69) is 61.8 Å². The number of hydrogen-bond acceptors (Lipinski definition) is 14. The van der Waals surface area contributed by atoms with Gasteiger partial charge in [0.2, 0.25) is 35.4 Å². The second-order valence-corrected chi connectivity index (χ2v) is 16.9. The van der Waals surface area contributed by atoms with Gasteiger partial charge in [0.15, 0.2) is 0 Å². The van der Waals surface area contributed by atoms with Crippen LogP contribution in [-0.4, -0.2) is 137 Å². The lowest BCUT2D eigenvalue weighted by Crippen LogP contribution is -2.61. The molecule has 0 bridgehead atoms. The molecule has 0 unspecified atom stereocenters. The van der Waals surface area contributed by atoms with E-state index in [1.807, 2.05) is 6.92 Å². The van der Waals surface area contributed by atoms with Crippen molar-refractivity contribution >= 4 is 41.4 Å². The summed E-state index contributed by atoms with van der Waals surface area (Å²) in [5.74, 6) is -6.26. The van der Waals surface area contributed by atoms with Crippen LogP contribution in [0.15, 0.2) is 61.8 Å². The topological polar surface area (TPSA) is 396 Å². The Morgan fingerprint density at radius 3 is 1.43 bits per heavy atom. The SMILES string of the molecule is CC[C@H](C)[C@H](NC(=O)[C@H](Cc1cnc[nH]1)NC(=O)[C@@H](N)CCCCN)C(=O)N[C@@H](Cc1cnc[nH]1)C(=O)N[C@@H](CCCCN)C(=O)N[C@@H](Cc1cnc[nH]1)C(=O)N[C@@H](Cc1ccc(O)cc1)C(=O)O. The summed E-state index contributed by atoms with van der Waals surface area (Å²) in [5.41, 5.74) is 19.5. The molecule has 6 amide bonds. The van der Waals surface area contributed by atoms with Gasteiger partial charge in [0, 0.05) is 61.4 Å². The molecule has 0 radical (unpaired) electrons. The van der Waals surface area contributed by atoms with Crippen molar-refractivity contribution in [3.8, 4) is 5.75 Å². The number of aromatic amines is 3. The Labute approximate surface area is 399 Å². The first-order chi connectivity index (χ1) is 33.1. The Bertz CT molecular complexity index is 2210. The summed E-state index contributed by atoms with van der Waals surface area (Å²) in [6.45, 7) is 4.27. The summed E-state index contributed by atoms with van der Waals surface area (Å²) in [6, 6.07) is -2.92. The van der Waals surface area contributed by atoms with Crippen LogP contribution in [0.4, 0.5) is 0 Å². The van der Waals surface area contributed by atoms with Crippen molar-refractivity contribution in [2.45, 2.75) is 127 Å². The van der Waals surface area contributed by atoms with Crippen molar-refractivity contribution in [1.82, 2.24) is 61.8 Å². The highest BCUT2D eigenvalue weighted by atomic mass is 16.4. The zero-order valence-electron chi connectivity index (χ0n) is 38.9. The van der Waals surface area contributed by atoms with Gasteiger partial charge in [-0.1, -0.05) is 38.8 Å². The number of aromatic nitrogens is 6. The van der Waals surface area contributed by atoms with E-state index in [4.69, 9.17) is 17.2 Å². The number of carbonyl (C=O) groups is 7. The molecular formula is C45H67N15O9. The average Bonchev–Trinajstić information content (AvgIpc) is 4.16. The molecule has 24 nitrogen and oxygen atoms in total. The third kappa shape index (κ3) is 18.1. The van der Waals surface area contributed by atoms with Crippen LogP contribution in [0.3, 0.4) is 0 Å². The van der Waals surface area contributed by atoms with Crippen LogP contribution in [0.25, 0.3) is 0 Å². The van der Waals surface area contributed by atoms with E-state index in [0.717, 1.165) is 0 Å². The van der Waals surface area contributed by atoms with Gasteiger partial charge in [-0.3, -0.25) is 28.8 Å². The number of carboxylic acids is 1. The van der Waals surface area contributed by atoms with Crippen LogP contribution in [-0.2, 0) is 59.2 Å². The molecule has 3 aromatic heterocycles. The molecule has 0 saturated carbocycles. The number of aromatic hydroxyl groups is 1. The number of amides is 6. The fraction of sp³-hybridized carbons (Fsp3) is 0.511. The number of carboxylic acid groups (broad SMARTS) is 1. The summed E-state index contributed by atoms with van der Waals surface area (Å²) in [4.78, 5) is 117. The number of phenols is 1. The number of nitrogens with zero attached hydrogens (tertiary/aromatic N) is 3. The normalized spacial score (nSPS) is 14.7. The lowest BCUT2D eigenvalue weighted by atomic mass is 9.96. The van der Waals surface area contributed by atoms with E-state index in [1.54, 1.807) is 6.92 Å². The van der Waals surface area contributed by atoms with Gasteiger partial charge in [0.25, 0.3) is 0 Å². The van der Waals surface area contributed by atoms with Crippen molar-refractivity contribution in [1.29, 1.82) is 0 Å². The van der Waals surface area contributed by atoms with E-state index >= 15 is 0 Å². The largest absolute Gasteiger partial charge is 0.508 e. The quantitative estimate of drug-likeness (QED) is 0.0254. The molecule has 0 fully saturated rings. The molecular weight excluding hydrogens is 895 g/mol. The van der Waals surface area contributed by atoms with Crippen molar-refractivity contribution in [2.24, 2.45) is 23.1 Å². The van der Waals surface area contributed by atoms with E-state index in [9.17, 15) is 43.8 Å². The number of imidazole rings is 3. The third-order valence-electron chi connectivity index (χ3n) is 11.5. The molecule has 0 spiro atoms. The summed E-state index contributed by atoms with van der Waals surface area (Å²) in [6.07, 6.45) is 11.1. The van der Waals surface area contributed by atoms with Gasteiger partial charge in [-0.25, -0.2) is 19.7 Å². The Kier molecular flexibility index (Phi) is 22.3. The number of hydrogen-bond donors (Lipinski definition) is 14. The van der Waals surface area contributed by atoms with Crippen molar-refractivity contribution in [3.05, 3.63) is 84.5 Å². The summed E-state index contributed by atoms with van der Waals surface area (Å²) >= 11 is 0. The molecule has 69 heavy (non-hydrogen) atoms. The van der Waals surface area contributed by atoms with Crippen molar-refractivity contribution in [2.75, 3.05) is 13.1 Å². The van der Waals surface area contributed by atoms with E-state index in [-0.39, 0.29) is 44.4 Å². The van der Waals surface area contributed by atoms with Gasteiger partial charge < -0.3 is 74.3 Å². The maximum atomic E-state index is 14.4. The van der Waals surface area contributed by atoms with Crippen LogP contribution in [0.1, 0.15) is 81.4 Å². The van der Waals surface area contributed by atoms with E-state index < -0.39 is 89.6 Å². The van der Waals surface area contributed by atoms with Gasteiger partial charge in [0.1, 0.15) is 42.0 Å². The molecule has 24 heteroatoms. The molecule has 4 aromatic rings. The van der Waals surface area contributed by atoms with Crippen LogP contribution in [0.2, 0.25) is 0 Å². The Morgan fingerprint density at radius 1 is 0.565 bits per heavy atom. The van der Waals surface area contributed by atoms with E-state index in [1.165, 1.54) is 61.8 Å².